The van der Waals surface area contributed by atoms with E-state index >= 15 is 0 Å². The number of hydrogen-bond donors (Lipinski definition) is 3. The maximum Gasteiger partial charge on any atom is 0.254 e. The minimum atomic E-state index is -0.772. The predicted octanol–water partition coefficient (Wildman–Crippen LogP) is 2.34. The molecule has 162 valence electrons. The summed E-state index contributed by atoms with van der Waals surface area (Å²) in [5, 5.41) is 8.51. The predicted molar refractivity (Wildman–Crippen MR) is 114 cm³/mol. The van der Waals surface area contributed by atoms with Crippen molar-refractivity contribution in [1.29, 1.82) is 0 Å². The standard InChI is InChI=1S/C23H25N3O5/c1-30-19-11-13-7-8-17(15(13)12-20(19)31-2)24-21(27)10-9-18-23(29)25-16-6-4-3-5-14(16)22(28)26-18/h3-6,11-12,17-18H,7-10H2,1-2H3,(H,24,27)(H,25,29)(H,26,28). The number of rotatable bonds is 6. The Balaban J connectivity index is 1.38. The molecule has 1 aliphatic carbocycles. The summed E-state index contributed by atoms with van der Waals surface area (Å²) in [6.07, 6.45) is 1.95. The largest absolute Gasteiger partial charge is 0.493 e. The fourth-order valence-corrected chi connectivity index (χ4v) is 4.14. The second-order valence-electron chi connectivity index (χ2n) is 7.66. The molecule has 1 heterocycles. The van der Waals surface area contributed by atoms with E-state index in [1.54, 1.807) is 38.5 Å². The van der Waals surface area contributed by atoms with Crippen molar-refractivity contribution in [2.45, 2.75) is 37.8 Å². The minimum absolute atomic E-state index is 0.119. The summed E-state index contributed by atoms with van der Waals surface area (Å²) in [7, 11) is 3.18. The van der Waals surface area contributed by atoms with Gasteiger partial charge in [-0.15, -0.1) is 0 Å². The van der Waals surface area contributed by atoms with Gasteiger partial charge in [-0.05, 0) is 54.7 Å². The van der Waals surface area contributed by atoms with E-state index in [0.29, 0.717) is 22.7 Å². The number of methoxy groups -OCH3 is 2. The highest BCUT2D eigenvalue weighted by Crippen LogP contribution is 2.39. The molecule has 4 rings (SSSR count). The summed E-state index contributed by atoms with van der Waals surface area (Å²) in [5.41, 5.74) is 3.02. The van der Waals surface area contributed by atoms with Gasteiger partial charge in [0.2, 0.25) is 11.8 Å². The molecule has 2 aromatic carbocycles. The van der Waals surface area contributed by atoms with Gasteiger partial charge < -0.3 is 25.4 Å². The van der Waals surface area contributed by atoms with Gasteiger partial charge in [-0.2, -0.15) is 0 Å². The van der Waals surface area contributed by atoms with Crippen LogP contribution in [0.4, 0.5) is 5.69 Å². The first-order valence-electron chi connectivity index (χ1n) is 10.2. The number of ether oxygens (including phenoxy) is 2. The van der Waals surface area contributed by atoms with Gasteiger partial charge in [-0.25, -0.2) is 0 Å². The number of nitrogens with one attached hydrogen (secondary N) is 3. The summed E-state index contributed by atoms with van der Waals surface area (Å²) in [5.74, 6) is 0.472. The van der Waals surface area contributed by atoms with Crippen LogP contribution in [0.1, 0.15) is 46.8 Å². The number of fused-ring (bicyclic) bond motifs is 2. The van der Waals surface area contributed by atoms with E-state index in [0.717, 1.165) is 24.0 Å². The average Bonchev–Trinajstić information content (AvgIpc) is 3.11. The molecule has 0 bridgehead atoms. The summed E-state index contributed by atoms with van der Waals surface area (Å²) in [6.45, 7) is 0. The number of carbonyl (C=O) groups is 3. The zero-order chi connectivity index (χ0) is 22.0. The molecule has 0 saturated carbocycles. The van der Waals surface area contributed by atoms with Crippen LogP contribution in [0.15, 0.2) is 36.4 Å². The molecule has 2 atom stereocenters. The Morgan fingerprint density at radius 2 is 1.87 bits per heavy atom. The Bertz CT molecular complexity index is 1040. The summed E-state index contributed by atoms with van der Waals surface area (Å²) in [4.78, 5) is 37.5. The van der Waals surface area contributed by atoms with Gasteiger partial charge in [0, 0.05) is 6.42 Å². The Morgan fingerprint density at radius 1 is 1.13 bits per heavy atom. The first kappa shape index (κ1) is 20.7. The number of aryl methyl sites for hydroxylation is 1. The van der Waals surface area contributed by atoms with Gasteiger partial charge in [-0.1, -0.05) is 12.1 Å². The molecule has 8 heteroatoms. The molecule has 2 unspecified atom stereocenters. The highest BCUT2D eigenvalue weighted by Gasteiger charge is 2.29. The van der Waals surface area contributed by atoms with Crippen LogP contribution in [0, 0.1) is 0 Å². The number of benzene rings is 2. The van der Waals surface area contributed by atoms with Crippen molar-refractivity contribution >= 4 is 23.4 Å². The van der Waals surface area contributed by atoms with Crippen LogP contribution >= 0.6 is 0 Å². The smallest absolute Gasteiger partial charge is 0.254 e. The fraction of sp³-hybridized carbons (Fsp3) is 0.348. The third-order valence-electron chi connectivity index (χ3n) is 5.77. The van der Waals surface area contributed by atoms with E-state index in [1.807, 2.05) is 12.1 Å². The minimum Gasteiger partial charge on any atom is -0.493 e. The second kappa shape index (κ2) is 8.67. The van der Waals surface area contributed by atoms with E-state index in [4.69, 9.17) is 9.47 Å². The average molecular weight is 423 g/mol. The molecule has 0 saturated heterocycles. The maximum absolute atomic E-state index is 12.6. The van der Waals surface area contributed by atoms with Gasteiger partial charge >= 0.3 is 0 Å². The molecular formula is C23H25N3O5. The number of anilines is 1. The SMILES string of the molecule is COc1cc2c(cc1OC)C(NC(=O)CCC1NC(=O)c3ccccc3NC1=O)CC2. The zero-order valence-corrected chi connectivity index (χ0v) is 17.5. The van der Waals surface area contributed by atoms with Gasteiger partial charge in [0.1, 0.15) is 6.04 Å². The molecule has 3 amide bonds. The van der Waals surface area contributed by atoms with Crippen molar-refractivity contribution in [3.8, 4) is 11.5 Å². The van der Waals surface area contributed by atoms with Crippen LogP contribution in [0.3, 0.4) is 0 Å². The van der Waals surface area contributed by atoms with Crippen molar-refractivity contribution in [3.63, 3.8) is 0 Å². The van der Waals surface area contributed by atoms with E-state index in [-0.39, 0.29) is 36.6 Å². The highest BCUT2D eigenvalue weighted by atomic mass is 16.5. The molecule has 0 aromatic heterocycles. The normalized spacial score (nSPS) is 19.4. The lowest BCUT2D eigenvalue weighted by atomic mass is 10.1. The third-order valence-corrected chi connectivity index (χ3v) is 5.77. The van der Waals surface area contributed by atoms with Gasteiger partial charge in [0.25, 0.3) is 5.91 Å². The maximum atomic E-state index is 12.6. The summed E-state index contributed by atoms with van der Waals surface area (Å²) in [6, 6.07) is 9.79. The first-order chi connectivity index (χ1) is 15.0. The number of hydrogen-bond acceptors (Lipinski definition) is 5. The van der Waals surface area contributed by atoms with E-state index in [1.165, 1.54) is 0 Å². The van der Waals surface area contributed by atoms with E-state index in [2.05, 4.69) is 16.0 Å². The van der Waals surface area contributed by atoms with E-state index in [9.17, 15) is 14.4 Å². The van der Waals surface area contributed by atoms with Crippen LogP contribution < -0.4 is 25.4 Å². The zero-order valence-electron chi connectivity index (χ0n) is 17.5. The van der Waals surface area contributed by atoms with Crippen molar-refractivity contribution in [1.82, 2.24) is 10.6 Å². The fourth-order valence-electron chi connectivity index (χ4n) is 4.14. The molecule has 2 aromatic rings. The van der Waals surface area contributed by atoms with Crippen molar-refractivity contribution in [2.24, 2.45) is 0 Å². The molecule has 0 fully saturated rings. The summed E-state index contributed by atoms with van der Waals surface area (Å²) >= 11 is 0. The first-order valence-corrected chi connectivity index (χ1v) is 10.2. The van der Waals surface area contributed by atoms with E-state index < -0.39 is 6.04 Å². The number of amides is 3. The Hall–Kier alpha value is -3.55. The van der Waals surface area contributed by atoms with Crippen molar-refractivity contribution < 1.29 is 23.9 Å². The Kier molecular flexibility index (Phi) is 5.79. The van der Waals surface area contributed by atoms with Crippen LogP contribution in [0.2, 0.25) is 0 Å². The van der Waals surface area contributed by atoms with Gasteiger partial charge in [-0.3, -0.25) is 14.4 Å². The van der Waals surface area contributed by atoms with Crippen LogP contribution in [-0.4, -0.2) is 38.0 Å². The molecule has 3 N–H and O–H groups in total. The lowest BCUT2D eigenvalue weighted by molar-refractivity contribution is -0.122. The molecule has 8 nitrogen and oxygen atoms in total. The lowest BCUT2D eigenvalue weighted by Crippen LogP contribution is -2.42. The van der Waals surface area contributed by atoms with Crippen molar-refractivity contribution in [2.75, 3.05) is 19.5 Å². The quantitative estimate of drug-likeness (QED) is 0.661. The van der Waals surface area contributed by atoms with Gasteiger partial charge in [0.05, 0.1) is 31.5 Å². The highest BCUT2D eigenvalue weighted by molar-refractivity contribution is 6.09. The molecule has 31 heavy (non-hydrogen) atoms. The summed E-state index contributed by atoms with van der Waals surface area (Å²) < 4.78 is 10.7. The Morgan fingerprint density at radius 3 is 2.65 bits per heavy atom. The molecule has 0 spiro atoms. The van der Waals surface area contributed by atoms with Crippen molar-refractivity contribution in [3.05, 3.63) is 53.1 Å². The number of para-hydroxylation sites is 1. The van der Waals surface area contributed by atoms with Crippen LogP contribution in [-0.2, 0) is 16.0 Å². The van der Waals surface area contributed by atoms with Crippen LogP contribution in [0.25, 0.3) is 0 Å². The molecular weight excluding hydrogens is 398 g/mol. The molecule has 1 aliphatic heterocycles. The third kappa shape index (κ3) is 4.19. The Labute approximate surface area is 180 Å². The molecule has 2 aliphatic rings. The van der Waals surface area contributed by atoms with Crippen LogP contribution in [0.5, 0.6) is 11.5 Å². The topological polar surface area (TPSA) is 106 Å². The van der Waals surface area contributed by atoms with Gasteiger partial charge in [0.15, 0.2) is 11.5 Å². The number of carbonyl (C=O) groups excluding carboxylic acids is 3. The second-order valence-corrected chi connectivity index (χ2v) is 7.66. The molecule has 0 radical (unpaired) electrons. The lowest BCUT2D eigenvalue weighted by Gasteiger charge is -2.18. The monoisotopic (exact) mass is 423 g/mol.